The SMILES string of the molecule is CC1(C)c2ccccc2-c2c(N(c3ccc(-c4ccccc4)cc3)c3ccc(-c4ccccc4)cc3)ccc(-c3ccc4c(c3)C3CC=CC=C3N4c3ccc(-c4ccc(N(c5ccc(-c6ccccc6)cc5)c5ccc(-c6cccc7c6sc6ccccc67)cc5)c5c4-c4ccccc4C5(C)C)cc3)c21. The van der Waals surface area contributed by atoms with Crippen molar-refractivity contribution in [2.75, 3.05) is 14.7 Å². The second kappa shape index (κ2) is 25.1. The second-order valence-electron chi connectivity index (χ2n) is 29.8. The van der Waals surface area contributed by atoms with Gasteiger partial charge in [0, 0.05) is 82.3 Å². The Morgan fingerprint density at radius 1 is 0.340 bits per heavy atom. The van der Waals surface area contributed by atoms with Crippen molar-refractivity contribution in [1.82, 2.24) is 0 Å². The van der Waals surface area contributed by atoms with E-state index in [0.29, 0.717) is 0 Å². The molecule has 106 heavy (non-hydrogen) atoms. The first kappa shape index (κ1) is 63.1. The molecule has 15 aromatic carbocycles. The second-order valence-corrected chi connectivity index (χ2v) is 30.9. The monoisotopic (exact) mass is 1370 g/mol. The summed E-state index contributed by atoms with van der Waals surface area (Å²) in [7, 11) is 0. The van der Waals surface area contributed by atoms with Gasteiger partial charge in [0.05, 0.1) is 11.4 Å². The van der Waals surface area contributed by atoms with Gasteiger partial charge in [-0.25, -0.2) is 0 Å². The van der Waals surface area contributed by atoms with E-state index in [1.54, 1.807) is 0 Å². The first-order valence-electron chi connectivity index (χ1n) is 37.1. The Balaban J connectivity index is 0.680. The number of hydrogen-bond donors (Lipinski definition) is 0. The third-order valence-corrected chi connectivity index (χ3v) is 24.4. The molecule has 0 radical (unpaired) electrons. The molecule has 0 saturated carbocycles. The van der Waals surface area contributed by atoms with Crippen LogP contribution in [-0.2, 0) is 10.8 Å². The van der Waals surface area contributed by atoms with Gasteiger partial charge in [0.1, 0.15) is 0 Å². The molecule has 16 aromatic rings. The van der Waals surface area contributed by atoms with E-state index < -0.39 is 0 Å². The number of hydrogen-bond acceptors (Lipinski definition) is 4. The number of thiophene rings is 1. The molecule has 20 rings (SSSR count). The Labute approximate surface area is 624 Å². The highest BCUT2D eigenvalue weighted by Gasteiger charge is 2.43. The highest BCUT2D eigenvalue weighted by molar-refractivity contribution is 7.26. The van der Waals surface area contributed by atoms with Gasteiger partial charge in [-0.15, -0.1) is 11.3 Å². The summed E-state index contributed by atoms with van der Waals surface area (Å²) in [4.78, 5) is 7.53. The average Bonchev–Trinajstić information content (AvgIpc) is 1.55. The van der Waals surface area contributed by atoms with E-state index in [1.807, 2.05) is 11.3 Å². The third-order valence-electron chi connectivity index (χ3n) is 23.2. The average molecular weight is 1370 g/mol. The Morgan fingerprint density at radius 3 is 1.38 bits per heavy atom. The minimum atomic E-state index is -0.335. The fourth-order valence-corrected chi connectivity index (χ4v) is 19.3. The van der Waals surface area contributed by atoms with Crippen molar-refractivity contribution in [3.63, 3.8) is 0 Å². The Bertz CT molecular complexity index is 6100. The highest BCUT2D eigenvalue weighted by atomic mass is 32.1. The standard InChI is InChI=1S/C102H75N3S/c1-101(2)90-36-19-15-32-87(90)97-93(103(75-50-39-69(40-51-75)66-23-8-5-9-24-66)76-52-41-70(42-53-76)67-25-10-6-11-26-67)63-61-81(98(97)101)74-49-62-92-88(65-74)83-29-16-20-37-91(83)105(92)79-58-45-72(46-59-79)80-60-64-94(99-96(80)86-31-14-18-35-89(86)102(99,3)4)104(77-54-43-71(44-55-77)68-27-12-7-13-28-68)78-56-47-73(48-57-78)82-33-22-34-85-84-30-17-21-38-95(84)106-100(82)85/h5-28,30-65,83H,29H2,1-4H3. The van der Waals surface area contributed by atoms with Crippen molar-refractivity contribution in [3.05, 3.63) is 398 Å². The molecule has 0 bridgehead atoms. The molecule has 1 aliphatic heterocycles. The minimum Gasteiger partial charge on any atom is -0.313 e. The maximum atomic E-state index is 2.54. The lowest BCUT2D eigenvalue weighted by Crippen LogP contribution is -2.20. The molecule has 0 spiro atoms. The van der Waals surface area contributed by atoms with E-state index >= 15 is 0 Å². The lowest BCUT2D eigenvalue weighted by Gasteiger charge is -2.33. The number of anilines is 8. The van der Waals surface area contributed by atoms with Crippen LogP contribution in [0.4, 0.5) is 45.5 Å². The quantitative estimate of drug-likeness (QED) is 0.114. The van der Waals surface area contributed by atoms with Gasteiger partial charge in [0.2, 0.25) is 0 Å². The summed E-state index contributed by atoms with van der Waals surface area (Å²) in [5.41, 5.74) is 36.2. The van der Waals surface area contributed by atoms with Crippen LogP contribution in [0.25, 0.3) is 109 Å². The summed E-state index contributed by atoms with van der Waals surface area (Å²) in [6, 6.07) is 129. The molecule has 0 amide bonds. The lowest BCUT2D eigenvalue weighted by molar-refractivity contribution is 0.661. The fourth-order valence-electron chi connectivity index (χ4n) is 18.1. The number of allylic oxidation sites excluding steroid dienone is 4. The van der Waals surface area contributed by atoms with Crippen molar-refractivity contribution in [2.24, 2.45) is 0 Å². The number of rotatable bonds is 13. The molecule has 0 saturated heterocycles. The van der Waals surface area contributed by atoms with Crippen LogP contribution >= 0.6 is 11.3 Å². The molecular weight excluding hydrogens is 1300 g/mol. The summed E-state index contributed by atoms with van der Waals surface area (Å²) in [6.45, 7) is 9.71. The summed E-state index contributed by atoms with van der Waals surface area (Å²) >= 11 is 1.88. The topological polar surface area (TPSA) is 9.72 Å². The van der Waals surface area contributed by atoms with Gasteiger partial charge in [-0.1, -0.05) is 295 Å². The molecular formula is C102H75N3S. The number of nitrogens with zero attached hydrogens (tertiary/aromatic N) is 3. The van der Waals surface area contributed by atoms with E-state index in [9.17, 15) is 0 Å². The maximum absolute atomic E-state index is 2.54. The van der Waals surface area contributed by atoms with Crippen LogP contribution < -0.4 is 14.7 Å². The molecule has 1 aromatic heterocycles. The van der Waals surface area contributed by atoms with Gasteiger partial charge in [0.15, 0.2) is 0 Å². The highest BCUT2D eigenvalue weighted by Crippen LogP contribution is 2.61. The smallest absolute Gasteiger partial charge is 0.0543 e. The van der Waals surface area contributed by atoms with E-state index in [1.165, 1.54) is 154 Å². The number of fused-ring (bicyclic) bond motifs is 12. The largest absolute Gasteiger partial charge is 0.313 e. The Hall–Kier alpha value is -12.6. The molecule has 0 N–H and O–H groups in total. The van der Waals surface area contributed by atoms with Crippen molar-refractivity contribution in [3.8, 4) is 89.0 Å². The van der Waals surface area contributed by atoms with Crippen LogP contribution in [0.5, 0.6) is 0 Å². The summed E-state index contributed by atoms with van der Waals surface area (Å²) in [5.74, 6) is 0.199. The van der Waals surface area contributed by atoms with Gasteiger partial charge in [0.25, 0.3) is 0 Å². The molecule has 2 heterocycles. The predicted molar refractivity (Wildman–Crippen MR) is 450 cm³/mol. The maximum Gasteiger partial charge on any atom is 0.0543 e. The normalized spacial score (nSPS) is 14.6. The third kappa shape index (κ3) is 10.2. The Kier molecular flexibility index (Phi) is 14.9. The van der Waals surface area contributed by atoms with Crippen LogP contribution in [0.3, 0.4) is 0 Å². The number of benzene rings is 15. The van der Waals surface area contributed by atoms with Crippen molar-refractivity contribution in [2.45, 2.75) is 50.9 Å². The first-order valence-corrected chi connectivity index (χ1v) is 38.0. The van der Waals surface area contributed by atoms with Gasteiger partial charge in [-0.3, -0.25) is 0 Å². The van der Waals surface area contributed by atoms with Gasteiger partial charge >= 0.3 is 0 Å². The summed E-state index contributed by atoms with van der Waals surface area (Å²) in [6.07, 6.45) is 7.89. The lowest BCUT2D eigenvalue weighted by atomic mass is 9.78. The van der Waals surface area contributed by atoms with Crippen LogP contribution in [0.1, 0.15) is 67.9 Å². The van der Waals surface area contributed by atoms with Crippen molar-refractivity contribution in [1.29, 1.82) is 0 Å². The van der Waals surface area contributed by atoms with Gasteiger partial charge < -0.3 is 14.7 Å². The first-order chi connectivity index (χ1) is 52.1. The minimum absolute atomic E-state index is 0.199. The van der Waals surface area contributed by atoms with Crippen LogP contribution in [-0.4, -0.2) is 0 Å². The van der Waals surface area contributed by atoms with Gasteiger partial charge in [-0.05, 0) is 215 Å². The molecule has 504 valence electrons. The molecule has 1 atom stereocenters. The Morgan fingerprint density at radius 2 is 0.783 bits per heavy atom. The summed E-state index contributed by atoms with van der Waals surface area (Å²) in [5, 5.41) is 2.62. The van der Waals surface area contributed by atoms with E-state index in [2.05, 4.69) is 406 Å². The van der Waals surface area contributed by atoms with Crippen LogP contribution in [0, 0.1) is 0 Å². The predicted octanol–water partition coefficient (Wildman–Crippen LogP) is 28.7. The fraction of sp³-hybridized carbons (Fsp3) is 0.0784. The van der Waals surface area contributed by atoms with E-state index in [4.69, 9.17) is 0 Å². The summed E-state index contributed by atoms with van der Waals surface area (Å²) < 4.78 is 2.64. The van der Waals surface area contributed by atoms with Crippen molar-refractivity contribution < 1.29 is 0 Å². The molecule has 4 heteroatoms. The van der Waals surface area contributed by atoms with E-state index in [0.717, 1.165) is 40.5 Å². The zero-order chi connectivity index (χ0) is 70.8. The van der Waals surface area contributed by atoms with Crippen LogP contribution in [0.15, 0.2) is 370 Å². The molecule has 0 fully saturated rings. The molecule has 3 aliphatic carbocycles. The van der Waals surface area contributed by atoms with E-state index in [-0.39, 0.29) is 16.7 Å². The van der Waals surface area contributed by atoms with Gasteiger partial charge in [-0.2, -0.15) is 0 Å². The zero-order valence-electron chi connectivity index (χ0n) is 59.7. The van der Waals surface area contributed by atoms with Crippen molar-refractivity contribution >= 4 is 77.0 Å². The van der Waals surface area contributed by atoms with Crippen LogP contribution in [0.2, 0.25) is 0 Å². The molecule has 1 unspecified atom stereocenters. The zero-order valence-corrected chi connectivity index (χ0v) is 60.5. The molecule has 4 aliphatic rings. The molecule has 3 nitrogen and oxygen atoms in total.